The van der Waals surface area contributed by atoms with E-state index in [1.54, 1.807) is 7.11 Å². The van der Waals surface area contributed by atoms with Crippen LogP contribution in [0.4, 0.5) is 0 Å². The first-order valence-corrected chi connectivity index (χ1v) is 11.1. The van der Waals surface area contributed by atoms with Crippen molar-refractivity contribution in [2.45, 2.75) is 38.0 Å². The van der Waals surface area contributed by atoms with E-state index in [1.807, 2.05) is 24.3 Å². The van der Waals surface area contributed by atoms with Crippen LogP contribution in [0.15, 0.2) is 41.5 Å². The number of ether oxygens (including phenoxy) is 4. The molecule has 2 aromatic carbocycles. The highest BCUT2D eigenvalue weighted by molar-refractivity contribution is 6.02. The molecule has 4 aliphatic heterocycles. The molecule has 31 heavy (non-hydrogen) atoms. The largest absolute Gasteiger partial charge is 0.493 e. The van der Waals surface area contributed by atoms with Crippen LogP contribution in [0.25, 0.3) is 0 Å². The zero-order chi connectivity index (χ0) is 21.0. The van der Waals surface area contributed by atoms with Crippen molar-refractivity contribution in [3.63, 3.8) is 0 Å². The maximum Gasteiger partial charge on any atom is 0.231 e. The zero-order valence-corrected chi connectivity index (χ0v) is 18.0. The number of piperidine rings is 1. The molecule has 1 spiro atoms. The molecule has 7 heteroatoms. The summed E-state index contributed by atoms with van der Waals surface area (Å²) in [7, 11) is 1.71. The van der Waals surface area contributed by atoms with Gasteiger partial charge in [0.15, 0.2) is 23.0 Å². The third-order valence-electron chi connectivity index (χ3n) is 7.00. The van der Waals surface area contributed by atoms with Crippen molar-refractivity contribution in [2.24, 2.45) is 5.10 Å². The van der Waals surface area contributed by atoms with Gasteiger partial charge >= 0.3 is 0 Å². The van der Waals surface area contributed by atoms with Crippen LogP contribution >= 0.6 is 0 Å². The molecule has 0 radical (unpaired) electrons. The molecule has 162 valence electrons. The van der Waals surface area contributed by atoms with Crippen LogP contribution < -0.4 is 18.9 Å². The van der Waals surface area contributed by atoms with E-state index in [0.717, 1.165) is 78.7 Å². The van der Waals surface area contributed by atoms with Crippen LogP contribution in [0.1, 0.15) is 43.4 Å². The Morgan fingerprint density at radius 2 is 1.97 bits per heavy atom. The molecular formula is C24H27N3O4. The van der Waals surface area contributed by atoms with Gasteiger partial charge in [0.1, 0.15) is 0 Å². The average molecular weight is 421 g/mol. The molecular weight excluding hydrogens is 394 g/mol. The lowest BCUT2D eigenvalue weighted by molar-refractivity contribution is -0.150. The molecule has 6 rings (SSSR count). The Balaban J connectivity index is 1.42. The minimum atomic E-state index is -0.448. The first-order valence-electron chi connectivity index (χ1n) is 11.1. The Bertz CT molecular complexity index is 1050. The number of fused-ring (bicyclic) bond motifs is 5. The van der Waals surface area contributed by atoms with Gasteiger partial charge < -0.3 is 23.8 Å². The summed E-state index contributed by atoms with van der Waals surface area (Å²) in [5, 5.41) is 7.40. The molecule has 1 atom stereocenters. The van der Waals surface area contributed by atoms with Gasteiger partial charge in [-0.3, -0.25) is 0 Å². The van der Waals surface area contributed by atoms with Crippen LogP contribution in [0.3, 0.4) is 0 Å². The molecule has 0 N–H and O–H groups in total. The number of hydrogen-bond donors (Lipinski definition) is 0. The van der Waals surface area contributed by atoms with Gasteiger partial charge in [0, 0.05) is 43.5 Å². The molecule has 1 fully saturated rings. The average Bonchev–Trinajstić information content (AvgIpc) is 3.47. The van der Waals surface area contributed by atoms with Crippen molar-refractivity contribution < 1.29 is 18.9 Å². The second kappa shape index (κ2) is 7.05. The van der Waals surface area contributed by atoms with Crippen molar-refractivity contribution in [3.05, 3.63) is 47.5 Å². The van der Waals surface area contributed by atoms with Crippen molar-refractivity contribution in [1.29, 1.82) is 0 Å². The molecule has 0 aromatic heterocycles. The maximum absolute atomic E-state index is 6.77. The summed E-state index contributed by atoms with van der Waals surface area (Å²) in [6.07, 6.45) is 2.64. The van der Waals surface area contributed by atoms with E-state index in [2.05, 4.69) is 29.0 Å². The third kappa shape index (κ3) is 2.86. The Kier molecular flexibility index (Phi) is 4.28. The highest BCUT2D eigenvalue weighted by Crippen LogP contribution is 2.52. The number of likely N-dealkylation sites (tertiary alicyclic amines) is 1. The summed E-state index contributed by atoms with van der Waals surface area (Å²) >= 11 is 0. The molecule has 2 aromatic rings. The summed E-state index contributed by atoms with van der Waals surface area (Å²) in [6.45, 7) is 5.55. The number of hydrogen-bond acceptors (Lipinski definition) is 7. The Labute approximate surface area is 182 Å². The molecule has 7 nitrogen and oxygen atoms in total. The summed E-state index contributed by atoms with van der Waals surface area (Å²) in [5.74, 6) is 3.25. The van der Waals surface area contributed by atoms with Gasteiger partial charge in [-0.1, -0.05) is 19.1 Å². The number of benzene rings is 2. The van der Waals surface area contributed by atoms with E-state index in [4.69, 9.17) is 24.0 Å². The number of para-hydroxylation sites is 1. The lowest BCUT2D eigenvalue weighted by Crippen LogP contribution is -2.59. The summed E-state index contributed by atoms with van der Waals surface area (Å²) in [6, 6.07) is 12.4. The normalized spacial score (nSPS) is 23.2. The minimum Gasteiger partial charge on any atom is -0.493 e. The van der Waals surface area contributed by atoms with E-state index < -0.39 is 5.72 Å². The van der Waals surface area contributed by atoms with Gasteiger partial charge in [-0.05, 0) is 30.8 Å². The highest BCUT2D eigenvalue weighted by Gasteiger charge is 2.52. The molecule has 0 bridgehead atoms. The van der Waals surface area contributed by atoms with Crippen molar-refractivity contribution in [3.8, 4) is 23.0 Å². The zero-order valence-electron chi connectivity index (χ0n) is 18.0. The number of methoxy groups -OCH3 is 1. The predicted octanol–water partition coefficient (Wildman–Crippen LogP) is 3.78. The molecule has 1 saturated heterocycles. The van der Waals surface area contributed by atoms with E-state index >= 15 is 0 Å². The topological polar surface area (TPSA) is 55.8 Å². The standard InChI is InChI=1S/C24H27N3O4/c1-3-26-11-9-24(10-12-26)27-19(17-5-4-6-21(28-2)23(17)31-24)14-18(25-27)16-7-8-20-22(13-16)30-15-29-20/h4-8,13,19H,3,9-12,14-15H2,1-2H3/t19-/m0/s1. The highest BCUT2D eigenvalue weighted by atomic mass is 16.7. The van der Waals surface area contributed by atoms with Gasteiger partial charge in [-0.25, -0.2) is 5.01 Å². The lowest BCUT2D eigenvalue weighted by Gasteiger charge is -2.51. The second-order valence-electron chi connectivity index (χ2n) is 8.54. The van der Waals surface area contributed by atoms with E-state index in [1.165, 1.54) is 0 Å². The van der Waals surface area contributed by atoms with Gasteiger partial charge in [0.25, 0.3) is 0 Å². The maximum atomic E-state index is 6.77. The van der Waals surface area contributed by atoms with Crippen LogP contribution in [0, 0.1) is 0 Å². The van der Waals surface area contributed by atoms with E-state index in [-0.39, 0.29) is 12.8 Å². The fraction of sp³-hybridized carbons (Fsp3) is 0.458. The quantitative estimate of drug-likeness (QED) is 0.752. The number of nitrogens with zero attached hydrogens (tertiary/aromatic N) is 3. The fourth-order valence-electron chi connectivity index (χ4n) is 5.23. The molecule has 4 heterocycles. The predicted molar refractivity (Wildman–Crippen MR) is 116 cm³/mol. The van der Waals surface area contributed by atoms with Gasteiger partial charge in [-0.2, -0.15) is 5.10 Å². The lowest BCUT2D eigenvalue weighted by atomic mass is 9.90. The van der Waals surface area contributed by atoms with Gasteiger partial charge in [-0.15, -0.1) is 0 Å². The van der Waals surface area contributed by atoms with Crippen LogP contribution in [-0.4, -0.2) is 54.9 Å². The molecule has 0 aliphatic carbocycles. The van der Waals surface area contributed by atoms with Gasteiger partial charge in [0.2, 0.25) is 12.5 Å². The Morgan fingerprint density at radius 1 is 1.13 bits per heavy atom. The SMILES string of the molecule is CCN1CCC2(CC1)Oc1c(OC)cccc1[C@@H]1CC(c3ccc4c(c3)OCO4)=NN12. The first kappa shape index (κ1) is 18.8. The smallest absolute Gasteiger partial charge is 0.231 e. The van der Waals surface area contributed by atoms with E-state index in [0.29, 0.717) is 0 Å². The van der Waals surface area contributed by atoms with Crippen molar-refractivity contribution in [1.82, 2.24) is 9.91 Å². The Morgan fingerprint density at radius 3 is 2.77 bits per heavy atom. The van der Waals surface area contributed by atoms with Crippen molar-refractivity contribution in [2.75, 3.05) is 33.5 Å². The van der Waals surface area contributed by atoms with Crippen LogP contribution in [-0.2, 0) is 0 Å². The summed E-state index contributed by atoms with van der Waals surface area (Å²) in [4.78, 5) is 2.47. The Hall–Kier alpha value is -2.93. The number of hydrazone groups is 1. The first-order chi connectivity index (χ1) is 15.2. The molecule has 0 unspecified atom stereocenters. The summed E-state index contributed by atoms with van der Waals surface area (Å²) < 4.78 is 23.5. The summed E-state index contributed by atoms with van der Waals surface area (Å²) in [5.41, 5.74) is 2.82. The van der Waals surface area contributed by atoms with Crippen molar-refractivity contribution >= 4 is 5.71 Å². The molecule has 0 amide bonds. The van der Waals surface area contributed by atoms with Crippen LogP contribution in [0.5, 0.6) is 23.0 Å². The minimum absolute atomic E-state index is 0.132. The fourth-order valence-corrected chi connectivity index (χ4v) is 5.23. The molecule has 0 saturated carbocycles. The van der Waals surface area contributed by atoms with Crippen LogP contribution in [0.2, 0.25) is 0 Å². The van der Waals surface area contributed by atoms with Gasteiger partial charge in [0.05, 0.1) is 18.9 Å². The second-order valence-corrected chi connectivity index (χ2v) is 8.54. The van der Waals surface area contributed by atoms with E-state index in [9.17, 15) is 0 Å². The third-order valence-corrected chi connectivity index (χ3v) is 7.00. The monoisotopic (exact) mass is 421 g/mol. The number of rotatable bonds is 3. The molecule has 4 aliphatic rings.